The lowest BCUT2D eigenvalue weighted by atomic mass is 10.1. The Morgan fingerprint density at radius 3 is 1.46 bits per heavy atom. The minimum atomic E-state index is -4.04. The van der Waals surface area contributed by atoms with Gasteiger partial charge in [0, 0.05) is 38.7 Å². The monoisotopic (exact) mass is 782 g/mol. The number of esters is 1. The van der Waals surface area contributed by atoms with Crippen LogP contribution in [0.25, 0.3) is 21.8 Å². The van der Waals surface area contributed by atoms with Gasteiger partial charge in [-0.05, 0) is 84.9 Å². The van der Waals surface area contributed by atoms with Crippen LogP contribution in [-0.4, -0.2) is 54.1 Å². The van der Waals surface area contributed by atoms with E-state index in [1.165, 1.54) is 82.1 Å². The molecule has 2 N–H and O–H groups in total. The number of rotatable bonds is 7. The predicted molar refractivity (Wildman–Crippen MR) is 192 cm³/mol. The average molecular weight is 784 g/mol. The van der Waals surface area contributed by atoms with Crippen molar-refractivity contribution in [2.75, 3.05) is 21.3 Å². The lowest BCUT2D eigenvalue weighted by Gasteiger charge is -2.07. The van der Waals surface area contributed by atoms with Crippen LogP contribution >= 0.6 is 15.9 Å². The van der Waals surface area contributed by atoms with Crippen LogP contribution in [-0.2, 0) is 24.4 Å². The van der Waals surface area contributed by atoms with Crippen molar-refractivity contribution in [2.24, 2.45) is 0 Å². The van der Waals surface area contributed by atoms with E-state index < -0.39 is 41.4 Å². The van der Waals surface area contributed by atoms with Crippen molar-refractivity contribution < 1.29 is 35.8 Å². The number of hydrogen-bond acceptors (Lipinski definition) is 10. The largest absolute Gasteiger partial charge is 0.497 e. The van der Waals surface area contributed by atoms with E-state index in [4.69, 9.17) is 9.47 Å². The van der Waals surface area contributed by atoms with Crippen LogP contribution in [0.15, 0.2) is 131 Å². The van der Waals surface area contributed by atoms with Gasteiger partial charge >= 0.3 is 5.97 Å². The maximum atomic E-state index is 12.8. The first-order valence-electron chi connectivity index (χ1n) is 14.1. The molecule has 0 spiro atoms. The molecule has 0 bridgehead atoms. The summed E-state index contributed by atoms with van der Waals surface area (Å²) in [5.41, 5.74) is -0.0797. The van der Waals surface area contributed by atoms with Crippen molar-refractivity contribution in [3.05, 3.63) is 128 Å². The van der Waals surface area contributed by atoms with E-state index in [1.54, 1.807) is 30.3 Å². The Hall–Kier alpha value is -5.25. The zero-order chi connectivity index (χ0) is 35.5. The Morgan fingerprint density at radius 1 is 0.620 bits per heavy atom. The lowest BCUT2D eigenvalue weighted by Crippen LogP contribution is -2.16. The molecule has 12 nitrogen and oxygen atoms in total. The van der Waals surface area contributed by atoms with E-state index in [1.807, 2.05) is 0 Å². The summed E-state index contributed by atoms with van der Waals surface area (Å²) in [4.78, 5) is 42.0. The molecular weight excluding hydrogens is 752 g/mol. The van der Waals surface area contributed by atoms with Gasteiger partial charge in [-0.15, -0.1) is 0 Å². The summed E-state index contributed by atoms with van der Waals surface area (Å²) in [6.07, 6.45) is 2.39. The van der Waals surface area contributed by atoms with Crippen LogP contribution in [0.1, 0.15) is 17.8 Å². The van der Waals surface area contributed by atoms with Crippen molar-refractivity contribution in [3.63, 3.8) is 0 Å². The second-order valence-corrected chi connectivity index (χ2v) is 15.0. The first kappa shape index (κ1) is 37.6. The minimum Gasteiger partial charge on any atom is -0.497 e. The third-order valence-electron chi connectivity index (χ3n) is 7.40. The molecule has 0 atom stereocenters. The first-order valence-corrected chi connectivity index (χ1v) is 17.9. The normalized spacial score (nSPS) is 11.2. The molecule has 6 aromatic rings. The number of carbonyl (C=O) groups excluding carboxylic acids is 1. The molecule has 0 aliphatic carbocycles. The predicted octanol–water partition coefficient (Wildman–Crippen LogP) is 5.92. The van der Waals surface area contributed by atoms with Crippen molar-refractivity contribution in [1.29, 1.82) is 0 Å². The Bertz CT molecular complexity index is 2550. The number of benzene rings is 4. The van der Waals surface area contributed by atoms with Gasteiger partial charge in [0.05, 0.1) is 36.7 Å². The smallest absolute Gasteiger partial charge is 0.337 e. The zero-order valence-electron chi connectivity index (χ0n) is 26.0. The molecule has 0 aliphatic heterocycles. The molecule has 0 saturated carbocycles. The van der Waals surface area contributed by atoms with Gasteiger partial charge in [-0.1, -0.05) is 23.4 Å². The summed E-state index contributed by atoms with van der Waals surface area (Å²) in [5.74, 6) is 0.425. The van der Waals surface area contributed by atoms with Crippen LogP contribution < -0.4 is 20.3 Å². The van der Waals surface area contributed by atoms with Crippen LogP contribution in [0, 0.1) is 0 Å². The number of hydrogen-bond donors (Lipinski definition) is 2. The Labute approximate surface area is 295 Å². The zero-order valence-corrected chi connectivity index (χ0v) is 29.2. The molecule has 0 aliphatic rings. The second-order valence-electron chi connectivity index (χ2n) is 10.3. The average Bonchev–Trinajstić information content (AvgIpc) is 3.11. The summed E-state index contributed by atoms with van der Waals surface area (Å²) in [6, 6.07) is 21.0. The molecule has 6 rings (SSSR count). The van der Waals surface area contributed by atoms with E-state index in [0.29, 0.717) is 32.4 Å². The topological polar surface area (TPSA) is 179 Å². The maximum Gasteiger partial charge on any atom is 0.337 e. The molecule has 0 unspecified atom stereocenters. The van der Waals surface area contributed by atoms with Gasteiger partial charge in [-0.25, -0.2) is 21.6 Å². The number of halogens is 1. The fourth-order valence-electron chi connectivity index (χ4n) is 4.78. The van der Waals surface area contributed by atoms with Crippen molar-refractivity contribution >= 4 is 63.4 Å². The number of H-pyrrole nitrogens is 2. The van der Waals surface area contributed by atoms with Gasteiger partial charge in [0.1, 0.15) is 21.3 Å². The van der Waals surface area contributed by atoms with Crippen molar-refractivity contribution in [1.82, 2.24) is 9.97 Å². The number of aromatic nitrogens is 2. The van der Waals surface area contributed by atoms with Gasteiger partial charge in [0.2, 0.25) is 30.5 Å². The van der Waals surface area contributed by atoms with Gasteiger partial charge < -0.3 is 24.2 Å². The molecular formula is C35H31BrN2O10S2. The van der Waals surface area contributed by atoms with E-state index in [-0.39, 0.29) is 33.1 Å². The Balaban J connectivity index is 0.000000222. The standard InChI is InChI=1S/C18H15NO6S.C16H12BrNO4S.CH4/c1-24-12-4-6-13(7-5-12)26(22,23)16-10-19-15-8-3-11(18(21)25-2)9-14(15)17(16)20;1-22-11-3-5-12(6-4-11)23(20,21)15-9-18-14-7-2-10(17)8-13(14)16(15)19;/h3-10H,1-2H3,(H,19,20);2-9H,1H3,(H,18,19);1H4. The van der Waals surface area contributed by atoms with Crippen molar-refractivity contribution in [2.45, 2.75) is 27.0 Å². The number of nitrogens with one attached hydrogen (secondary N) is 2. The third kappa shape index (κ3) is 7.34. The lowest BCUT2D eigenvalue weighted by molar-refractivity contribution is 0.0601. The van der Waals surface area contributed by atoms with Gasteiger partial charge in [0.15, 0.2) is 0 Å². The highest BCUT2D eigenvalue weighted by Crippen LogP contribution is 2.24. The van der Waals surface area contributed by atoms with Crippen LogP contribution in [0.4, 0.5) is 0 Å². The number of carbonyl (C=O) groups is 1. The minimum absolute atomic E-state index is 0. The fourth-order valence-corrected chi connectivity index (χ4v) is 7.77. The molecule has 0 radical (unpaired) electrons. The fraction of sp³-hybridized carbons (Fsp3) is 0.114. The molecule has 0 fully saturated rings. The summed E-state index contributed by atoms with van der Waals surface area (Å²) >= 11 is 3.29. The highest BCUT2D eigenvalue weighted by atomic mass is 79.9. The van der Waals surface area contributed by atoms with Crippen LogP contribution in [0.3, 0.4) is 0 Å². The number of sulfone groups is 2. The number of ether oxygens (including phenoxy) is 3. The maximum absolute atomic E-state index is 12.8. The molecule has 2 heterocycles. The van der Waals surface area contributed by atoms with E-state index in [2.05, 4.69) is 30.6 Å². The van der Waals surface area contributed by atoms with Gasteiger partial charge in [0.25, 0.3) is 0 Å². The number of fused-ring (bicyclic) bond motifs is 2. The van der Waals surface area contributed by atoms with Gasteiger partial charge in [-0.2, -0.15) is 0 Å². The van der Waals surface area contributed by atoms with E-state index >= 15 is 0 Å². The second kappa shape index (κ2) is 15.1. The highest BCUT2D eigenvalue weighted by Gasteiger charge is 2.24. The molecule has 50 heavy (non-hydrogen) atoms. The molecule has 4 aromatic carbocycles. The molecule has 0 amide bonds. The van der Waals surface area contributed by atoms with E-state index in [9.17, 15) is 31.2 Å². The molecule has 260 valence electrons. The Kier molecular flexibility index (Phi) is 11.4. The number of aromatic amines is 2. The molecule has 2 aromatic heterocycles. The summed E-state index contributed by atoms with van der Waals surface area (Å²) in [6.45, 7) is 0. The summed E-state index contributed by atoms with van der Waals surface area (Å²) < 4.78 is 66.4. The summed E-state index contributed by atoms with van der Waals surface area (Å²) in [5, 5.41) is 0.399. The summed E-state index contributed by atoms with van der Waals surface area (Å²) in [7, 11) is -3.77. The SMILES string of the molecule is C.COC(=O)c1ccc2[nH]cc(S(=O)(=O)c3ccc(OC)cc3)c(=O)c2c1.COc1ccc(S(=O)(=O)c2c[nH]c3ccc(Br)cc3c2=O)cc1. The number of methoxy groups -OCH3 is 3. The number of pyridine rings is 2. The highest BCUT2D eigenvalue weighted by molar-refractivity contribution is 9.10. The first-order chi connectivity index (χ1) is 23.3. The molecule has 15 heteroatoms. The van der Waals surface area contributed by atoms with Crippen LogP contribution in [0.5, 0.6) is 11.5 Å². The quantitative estimate of drug-likeness (QED) is 0.185. The van der Waals surface area contributed by atoms with Gasteiger partial charge in [-0.3, -0.25) is 9.59 Å². The molecule has 0 saturated heterocycles. The van der Waals surface area contributed by atoms with E-state index in [0.717, 1.165) is 6.20 Å². The van der Waals surface area contributed by atoms with Crippen molar-refractivity contribution in [3.8, 4) is 11.5 Å². The third-order valence-corrected chi connectivity index (χ3v) is 11.4. The Morgan fingerprint density at radius 2 is 1.04 bits per heavy atom. The van der Waals surface area contributed by atoms with Crippen LogP contribution in [0.2, 0.25) is 0 Å².